The zero-order valence-corrected chi connectivity index (χ0v) is 18.3. The molecule has 3 amide bonds. The van der Waals surface area contributed by atoms with Crippen LogP contribution >= 0.6 is 0 Å². The smallest absolute Gasteiger partial charge is 0.255 e. The van der Waals surface area contributed by atoms with Crippen LogP contribution in [0.15, 0.2) is 78.9 Å². The number of carbonyl (C=O) groups excluding carboxylic acids is 3. The molecule has 0 aliphatic heterocycles. The van der Waals surface area contributed by atoms with Gasteiger partial charge in [-0.05, 0) is 54.6 Å². The van der Waals surface area contributed by atoms with Gasteiger partial charge in [0.05, 0.1) is 13.2 Å². The maximum absolute atomic E-state index is 12.3. The first-order chi connectivity index (χ1) is 16.0. The minimum atomic E-state index is -0.244. The normalized spacial score (nSPS) is 10.2. The quantitative estimate of drug-likeness (QED) is 0.357. The Hall–Kier alpha value is -4.17. The summed E-state index contributed by atoms with van der Waals surface area (Å²) in [7, 11) is 1.57. The first-order valence-corrected chi connectivity index (χ1v) is 10.4. The van der Waals surface area contributed by atoms with E-state index in [0.717, 1.165) is 0 Å². The largest absolute Gasteiger partial charge is 0.383 e. The van der Waals surface area contributed by atoms with Crippen LogP contribution in [-0.2, 0) is 9.53 Å². The molecular weight excluding hydrogens is 420 g/mol. The SMILES string of the molecule is COCCNC(=O)c1ccc(NC(=O)CNc2cccc(NC(=O)c3ccccc3)c2)cc1. The number of hydrogen-bond acceptors (Lipinski definition) is 5. The van der Waals surface area contributed by atoms with E-state index in [2.05, 4.69) is 21.3 Å². The highest BCUT2D eigenvalue weighted by atomic mass is 16.5. The molecule has 3 aromatic carbocycles. The molecule has 170 valence electrons. The molecule has 3 rings (SSSR count). The van der Waals surface area contributed by atoms with Crippen LogP contribution in [0, 0.1) is 0 Å². The van der Waals surface area contributed by atoms with E-state index in [0.29, 0.717) is 41.3 Å². The third-order valence-corrected chi connectivity index (χ3v) is 4.63. The summed E-state index contributed by atoms with van der Waals surface area (Å²) in [5, 5.41) is 11.4. The number of amides is 3. The van der Waals surface area contributed by atoms with Crippen LogP contribution in [-0.4, -0.2) is 44.5 Å². The van der Waals surface area contributed by atoms with Crippen LogP contribution < -0.4 is 21.3 Å². The Labute approximate surface area is 192 Å². The van der Waals surface area contributed by atoms with Gasteiger partial charge in [0.1, 0.15) is 0 Å². The van der Waals surface area contributed by atoms with E-state index in [1.54, 1.807) is 73.8 Å². The second-order valence-electron chi connectivity index (χ2n) is 7.13. The van der Waals surface area contributed by atoms with E-state index in [9.17, 15) is 14.4 Å². The topological polar surface area (TPSA) is 109 Å². The molecule has 33 heavy (non-hydrogen) atoms. The summed E-state index contributed by atoms with van der Waals surface area (Å²) >= 11 is 0. The number of anilines is 3. The minimum absolute atomic E-state index is 0.0370. The molecule has 0 aromatic heterocycles. The summed E-state index contributed by atoms with van der Waals surface area (Å²) in [6.45, 7) is 0.904. The van der Waals surface area contributed by atoms with Crippen molar-refractivity contribution in [1.29, 1.82) is 0 Å². The average Bonchev–Trinajstić information content (AvgIpc) is 2.84. The Bertz CT molecular complexity index is 1090. The Morgan fingerprint density at radius 3 is 2.15 bits per heavy atom. The standard InChI is InChI=1S/C25H26N4O4/c1-33-15-14-26-24(31)19-10-12-20(13-11-19)28-23(30)17-27-21-8-5-9-22(16-21)29-25(32)18-6-3-2-4-7-18/h2-13,16,27H,14-15,17H2,1H3,(H,26,31)(H,28,30)(H,29,32). The van der Waals surface area contributed by atoms with Gasteiger partial charge in [-0.3, -0.25) is 14.4 Å². The molecular formula is C25H26N4O4. The summed E-state index contributed by atoms with van der Waals surface area (Å²) < 4.78 is 4.90. The lowest BCUT2D eigenvalue weighted by Gasteiger charge is -2.11. The van der Waals surface area contributed by atoms with E-state index < -0.39 is 0 Å². The molecule has 0 unspecified atom stereocenters. The summed E-state index contributed by atoms with van der Waals surface area (Å²) in [6, 6.07) is 22.7. The number of hydrogen-bond donors (Lipinski definition) is 4. The monoisotopic (exact) mass is 446 g/mol. The summed E-state index contributed by atoms with van der Waals surface area (Å²) in [5.74, 6) is -0.654. The van der Waals surface area contributed by atoms with Crippen LogP contribution in [0.2, 0.25) is 0 Å². The maximum atomic E-state index is 12.3. The van der Waals surface area contributed by atoms with Crippen LogP contribution in [0.1, 0.15) is 20.7 Å². The van der Waals surface area contributed by atoms with Gasteiger partial charge >= 0.3 is 0 Å². The summed E-state index contributed by atoms with van der Waals surface area (Å²) in [6.07, 6.45) is 0. The fourth-order valence-corrected chi connectivity index (χ4v) is 2.96. The van der Waals surface area contributed by atoms with E-state index in [1.165, 1.54) is 0 Å². The van der Waals surface area contributed by atoms with Crippen molar-refractivity contribution >= 4 is 34.8 Å². The first kappa shape index (κ1) is 23.5. The van der Waals surface area contributed by atoms with E-state index in [4.69, 9.17) is 4.74 Å². The third-order valence-electron chi connectivity index (χ3n) is 4.63. The molecule has 4 N–H and O–H groups in total. The number of rotatable bonds is 10. The minimum Gasteiger partial charge on any atom is -0.383 e. The summed E-state index contributed by atoms with van der Waals surface area (Å²) in [5.41, 5.74) is 2.96. The number of ether oxygens (including phenoxy) is 1. The molecule has 8 heteroatoms. The van der Waals surface area contributed by atoms with Gasteiger partial charge in [-0.1, -0.05) is 24.3 Å². The van der Waals surface area contributed by atoms with Gasteiger partial charge in [0, 0.05) is 41.8 Å². The fraction of sp³-hybridized carbons (Fsp3) is 0.160. The molecule has 0 aliphatic rings. The maximum Gasteiger partial charge on any atom is 0.255 e. The molecule has 0 bridgehead atoms. The first-order valence-electron chi connectivity index (χ1n) is 10.4. The van der Waals surface area contributed by atoms with Gasteiger partial charge in [-0.2, -0.15) is 0 Å². The molecule has 3 aromatic rings. The second-order valence-corrected chi connectivity index (χ2v) is 7.13. The van der Waals surface area contributed by atoms with Crippen molar-refractivity contribution in [1.82, 2.24) is 5.32 Å². The van der Waals surface area contributed by atoms with Crippen LogP contribution in [0.25, 0.3) is 0 Å². The Morgan fingerprint density at radius 2 is 1.42 bits per heavy atom. The van der Waals surface area contributed by atoms with Gasteiger partial charge < -0.3 is 26.0 Å². The van der Waals surface area contributed by atoms with Crippen molar-refractivity contribution in [2.24, 2.45) is 0 Å². The molecule has 0 atom stereocenters. The highest BCUT2D eigenvalue weighted by molar-refractivity contribution is 6.04. The number of nitrogens with one attached hydrogen (secondary N) is 4. The zero-order valence-electron chi connectivity index (χ0n) is 18.3. The Morgan fingerprint density at radius 1 is 0.727 bits per heavy atom. The predicted octanol–water partition coefficient (Wildman–Crippen LogP) is 3.37. The van der Waals surface area contributed by atoms with Crippen molar-refractivity contribution in [3.8, 4) is 0 Å². The van der Waals surface area contributed by atoms with Crippen LogP contribution in [0.5, 0.6) is 0 Å². The Balaban J connectivity index is 1.48. The van der Waals surface area contributed by atoms with Crippen molar-refractivity contribution in [2.75, 3.05) is 42.8 Å². The highest BCUT2D eigenvalue weighted by Gasteiger charge is 2.08. The lowest BCUT2D eigenvalue weighted by Crippen LogP contribution is -2.27. The van der Waals surface area contributed by atoms with Crippen molar-refractivity contribution in [2.45, 2.75) is 0 Å². The zero-order chi connectivity index (χ0) is 23.5. The number of carbonyl (C=O) groups is 3. The number of benzene rings is 3. The van der Waals surface area contributed by atoms with Gasteiger partial charge in [0.25, 0.3) is 11.8 Å². The van der Waals surface area contributed by atoms with E-state index >= 15 is 0 Å². The van der Waals surface area contributed by atoms with Gasteiger partial charge in [0.2, 0.25) is 5.91 Å². The van der Waals surface area contributed by atoms with Crippen molar-refractivity contribution < 1.29 is 19.1 Å². The van der Waals surface area contributed by atoms with Gasteiger partial charge in [0.15, 0.2) is 0 Å². The lowest BCUT2D eigenvalue weighted by molar-refractivity contribution is -0.114. The van der Waals surface area contributed by atoms with E-state index in [1.807, 2.05) is 12.1 Å². The summed E-state index contributed by atoms with van der Waals surface area (Å²) in [4.78, 5) is 36.6. The predicted molar refractivity (Wildman–Crippen MR) is 129 cm³/mol. The molecule has 0 spiro atoms. The lowest BCUT2D eigenvalue weighted by atomic mass is 10.2. The van der Waals surface area contributed by atoms with Crippen LogP contribution in [0.4, 0.5) is 17.1 Å². The number of methoxy groups -OCH3 is 1. The van der Waals surface area contributed by atoms with Crippen molar-refractivity contribution in [3.63, 3.8) is 0 Å². The molecule has 0 aliphatic carbocycles. The molecule has 0 radical (unpaired) electrons. The highest BCUT2D eigenvalue weighted by Crippen LogP contribution is 2.16. The molecule has 0 saturated carbocycles. The van der Waals surface area contributed by atoms with Gasteiger partial charge in [-0.15, -0.1) is 0 Å². The molecule has 0 heterocycles. The molecule has 0 saturated heterocycles. The average molecular weight is 447 g/mol. The van der Waals surface area contributed by atoms with E-state index in [-0.39, 0.29) is 24.3 Å². The van der Waals surface area contributed by atoms with Gasteiger partial charge in [-0.25, -0.2) is 0 Å². The Kier molecular flexibility index (Phi) is 8.55. The molecule has 0 fully saturated rings. The van der Waals surface area contributed by atoms with Crippen LogP contribution in [0.3, 0.4) is 0 Å². The molecule has 8 nitrogen and oxygen atoms in total. The third kappa shape index (κ3) is 7.48. The second kappa shape index (κ2) is 12.0. The van der Waals surface area contributed by atoms with Crippen molar-refractivity contribution in [3.05, 3.63) is 90.0 Å². The fourth-order valence-electron chi connectivity index (χ4n) is 2.96.